The Morgan fingerprint density at radius 1 is 1.37 bits per heavy atom. The van der Waals surface area contributed by atoms with E-state index < -0.39 is 0 Å². The smallest absolute Gasteiger partial charge is 0.121 e. The zero-order valence-corrected chi connectivity index (χ0v) is 12.0. The molecule has 0 saturated heterocycles. The molecule has 0 atom stereocenters. The standard InChI is InChI=1S/C15H21N3O/c1-11(2)18-10-13(9-17-18)8-16-14-5-6-15(19-4)12(3)7-14/h5-7,9-11,16H,8H2,1-4H3. The molecule has 0 aliphatic carbocycles. The highest BCUT2D eigenvalue weighted by molar-refractivity contribution is 5.50. The second-order valence-electron chi connectivity index (χ2n) is 4.96. The molecule has 0 fully saturated rings. The molecular weight excluding hydrogens is 238 g/mol. The third kappa shape index (κ3) is 3.28. The van der Waals surface area contributed by atoms with Crippen LogP contribution in [0, 0.1) is 6.92 Å². The predicted molar refractivity (Wildman–Crippen MR) is 77.7 cm³/mol. The molecule has 1 aromatic carbocycles. The van der Waals surface area contributed by atoms with Crippen molar-refractivity contribution in [1.29, 1.82) is 0 Å². The molecule has 0 radical (unpaired) electrons. The van der Waals surface area contributed by atoms with Gasteiger partial charge in [-0.1, -0.05) is 0 Å². The van der Waals surface area contributed by atoms with Gasteiger partial charge in [-0.2, -0.15) is 5.10 Å². The van der Waals surface area contributed by atoms with Crippen LogP contribution in [-0.4, -0.2) is 16.9 Å². The number of aromatic nitrogens is 2. The number of benzene rings is 1. The van der Waals surface area contributed by atoms with Crippen LogP contribution in [0.2, 0.25) is 0 Å². The van der Waals surface area contributed by atoms with Gasteiger partial charge in [-0.05, 0) is 44.5 Å². The zero-order chi connectivity index (χ0) is 13.8. The second-order valence-corrected chi connectivity index (χ2v) is 4.96. The predicted octanol–water partition coefficient (Wildman–Crippen LogP) is 3.39. The molecule has 0 amide bonds. The van der Waals surface area contributed by atoms with E-state index in [9.17, 15) is 0 Å². The second kappa shape index (κ2) is 5.78. The Balaban J connectivity index is 1.99. The summed E-state index contributed by atoms with van der Waals surface area (Å²) in [6.07, 6.45) is 3.98. The Morgan fingerprint density at radius 2 is 2.16 bits per heavy atom. The summed E-state index contributed by atoms with van der Waals surface area (Å²) in [5, 5.41) is 7.73. The van der Waals surface area contributed by atoms with Crippen molar-refractivity contribution >= 4 is 5.69 Å². The maximum atomic E-state index is 5.25. The Morgan fingerprint density at radius 3 is 2.74 bits per heavy atom. The summed E-state index contributed by atoms with van der Waals surface area (Å²) in [7, 11) is 1.69. The van der Waals surface area contributed by atoms with Crippen LogP contribution in [0.4, 0.5) is 5.69 Å². The maximum Gasteiger partial charge on any atom is 0.121 e. The van der Waals surface area contributed by atoms with Crippen molar-refractivity contribution in [3.05, 3.63) is 41.7 Å². The van der Waals surface area contributed by atoms with Gasteiger partial charge in [0.25, 0.3) is 0 Å². The lowest BCUT2D eigenvalue weighted by Gasteiger charge is -2.09. The zero-order valence-electron chi connectivity index (χ0n) is 12.0. The molecule has 1 aromatic heterocycles. The molecule has 1 heterocycles. The summed E-state index contributed by atoms with van der Waals surface area (Å²) < 4.78 is 7.22. The Kier molecular flexibility index (Phi) is 4.10. The Bertz CT molecular complexity index is 546. The van der Waals surface area contributed by atoms with Crippen LogP contribution < -0.4 is 10.1 Å². The van der Waals surface area contributed by atoms with Crippen molar-refractivity contribution < 1.29 is 4.74 Å². The first-order valence-electron chi connectivity index (χ1n) is 6.51. The molecule has 0 spiro atoms. The minimum Gasteiger partial charge on any atom is -0.496 e. The average Bonchev–Trinajstić information content (AvgIpc) is 2.85. The van der Waals surface area contributed by atoms with Crippen molar-refractivity contribution in [3.8, 4) is 5.75 Å². The molecule has 4 nitrogen and oxygen atoms in total. The highest BCUT2D eigenvalue weighted by atomic mass is 16.5. The topological polar surface area (TPSA) is 39.1 Å². The highest BCUT2D eigenvalue weighted by Crippen LogP contribution is 2.21. The van der Waals surface area contributed by atoms with Gasteiger partial charge in [-0.25, -0.2) is 0 Å². The SMILES string of the molecule is COc1ccc(NCc2cnn(C(C)C)c2)cc1C. The Labute approximate surface area is 114 Å². The van der Waals surface area contributed by atoms with E-state index in [0.29, 0.717) is 6.04 Å². The van der Waals surface area contributed by atoms with E-state index in [0.717, 1.165) is 23.5 Å². The Hall–Kier alpha value is -1.97. The first-order valence-corrected chi connectivity index (χ1v) is 6.51. The van der Waals surface area contributed by atoms with Crippen molar-refractivity contribution in [3.63, 3.8) is 0 Å². The van der Waals surface area contributed by atoms with E-state index in [1.807, 2.05) is 29.9 Å². The largest absolute Gasteiger partial charge is 0.496 e. The molecule has 0 saturated carbocycles. The fourth-order valence-corrected chi connectivity index (χ4v) is 1.94. The van der Waals surface area contributed by atoms with Gasteiger partial charge in [0.05, 0.1) is 13.3 Å². The van der Waals surface area contributed by atoms with E-state index >= 15 is 0 Å². The van der Waals surface area contributed by atoms with Gasteiger partial charge in [0, 0.05) is 30.0 Å². The molecule has 19 heavy (non-hydrogen) atoms. The fraction of sp³-hybridized carbons (Fsp3) is 0.400. The van der Waals surface area contributed by atoms with Gasteiger partial charge >= 0.3 is 0 Å². The van der Waals surface area contributed by atoms with Crippen LogP contribution in [0.1, 0.15) is 31.0 Å². The number of nitrogens with zero attached hydrogens (tertiary/aromatic N) is 2. The van der Waals surface area contributed by atoms with Gasteiger partial charge in [0.2, 0.25) is 0 Å². The van der Waals surface area contributed by atoms with Crippen LogP contribution in [-0.2, 0) is 6.54 Å². The lowest BCUT2D eigenvalue weighted by atomic mass is 10.2. The first-order chi connectivity index (χ1) is 9.10. The first kappa shape index (κ1) is 13.5. The summed E-state index contributed by atoms with van der Waals surface area (Å²) in [4.78, 5) is 0. The van der Waals surface area contributed by atoms with Crippen LogP contribution >= 0.6 is 0 Å². The molecule has 0 unspecified atom stereocenters. The minimum absolute atomic E-state index is 0.400. The van der Waals surface area contributed by atoms with Crippen LogP contribution in [0.5, 0.6) is 5.75 Å². The van der Waals surface area contributed by atoms with Crippen molar-refractivity contribution in [2.24, 2.45) is 0 Å². The molecule has 0 aliphatic heterocycles. The van der Waals surface area contributed by atoms with Crippen molar-refractivity contribution in [1.82, 2.24) is 9.78 Å². The minimum atomic E-state index is 0.400. The molecule has 2 aromatic rings. The van der Waals surface area contributed by atoms with E-state index in [1.54, 1.807) is 7.11 Å². The van der Waals surface area contributed by atoms with Gasteiger partial charge < -0.3 is 10.1 Å². The molecule has 102 valence electrons. The number of rotatable bonds is 5. The quantitative estimate of drug-likeness (QED) is 0.894. The lowest BCUT2D eigenvalue weighted by Crippen LogP contribution is -2.01. The van der Waals surface area contributed by atoms with Gasteiger partial charge in [-0.3, -0.25) is 4.68 Å². The van der Waals surface area contributed by atoms with Crippen molar-refractivity contribution in [2.45, 2.75) is 33.4 Å². The summed E-state index contributed by atoms with van der Waals surface area (Å²) in [6, 6.07) is 6.50. The van der Waals surface area contributed by atoms with Crippen LogP contribution in [0.3, 0.4) is 0 Å². The van der Waals surface area contributed by atoms with Crippen LogP contribution in [0.25, 0.3) is 0 Å². The molecular formula is C15H21N3O. The molecule has 0 aliphatic rings. The summed E-state index contributed by atoms with van der Waals surface area (Å²) in [5.41, 5.74) is 3.41. The van der Waals surface area contributed by atoms with Crippen molar-refractivity contribution in [2.75, 3.05) is 12.4 Å². The third-order valence-corrected chi connectivity index (χ3v) is 3.08. The normalized spacial score (nSPS) is 10.8. The fourth-order valence-electron chi connectivity index (χ4n) is 1.94. The van der Waals surface area contributed by atoms with Gasteiger partial charge in [0.1, 0.15) is 5.75 Å². The van der Waals surface area contributed by atoms with E-state index in [1.165, 1.54) is 5.56 Å². The number of anilines is 1. The van der Waals surface area contributed by atoms with Crippen LogP contribution in [0.15, 0.2) is 30.6 Å². The van der Waals surface area contributed by atoms with E-state index in [4.69, 9.17) is 4.74 Å². The number of ether oxygens (including phenoxy) is 1. The van der Waals surface area contributed by atoms with Gasteiger partial charge in [0.15, 0.2) is 0 Å². The molecule has 4 heteroatoms. The summed E-state index contributed by atoms with van der Waals surface area (Å²) in [6.45, 7) is 7.06. The lowest BCUT2D eigenvalue weighted by molar-refractivity contribution is 0.412. The highest BCUT2D eigenvalue weighted by Gasteiger charge is 2.03. The van der Waals surface area contributed by atoms with E-state index in [2.05, 4.69) is 36.5 Å². The average molecular weight is 259 g/mol. The number of aryl methyl sites for hydroxylation is 1. The van der Waals surface area contributed by atoms with Gasteiger partial charge in [-0.15, -0.1) is 0 Å². The molecule has 0 bridgehead atoms. The molecule has 1 N–H and O–H groups in total. The number of hydrogen-bond donors (Lipinski definition) is 1. The number of hydrogen-bond acceptors (Lipinski definition) is 3. The van der Waals surface area contributed by atoms with E-state index in [-0.39, 0.29) is 0 Å². The molecule has 2 rings (SSSR count). The third-order valence-electron chi connectivity index (χ3n) is 3.08. The summed E-state index contributed by atoms with van der Waals surface area (Å²) in [5.74, 6) is 0.915. The summed E-state index contributed by atoms with van der Waals surface area (Å²) >= 11 is 0. The maximum absolute atomic E-state index is 5.25. The number of methoxy groups -OCH3 is 1. The monoisotopic (exact) mass is 259 g/mol. The number of nitrogens with one attached hydrogen (secondary N) is 1.